The molecule has 0 atom stereocenters. The molecule has 3 aromatic rings. The molecule has 0 fully saturated rings. The molecule has 0 unspecified atom stereocenters. The van der Waals surface area contributed by atoms with Gasteiger partial charge in [0.25, 0.3) is 10.0 Å². The lowest BCUT2D eigenvalue weighted by Gasteiger charge is -2.12. The van der Waals surface area contributed by atoms with Crippen LogP contribution < -0.4 is 5.32 Å². The second-order valence-electron chi connectivity index (χ2n) is 5.86. The van der Waals surface area contributed by atoms with E-state index >= 15 is 0 Å². The molecule has 1 aromatic carbocycles. The van der Waals surface area contributed by atoms with Crippen molar-refractivity contribution in [1.82, 2.24) is 8.96 Å². The van der Waals surface area contributed by atoms with E-state index in [4.69, 9.17) is 0 Å². The third kappa shape index (κ3) is 3.06. The first kappa shape index (κ1) is 18.3. The van der Waals surface area contributed by atoms with Gasteiger partial charge in [-0.2, -0.15) is 0 Å². The number of halogens is 1. The number of hydrogen-bond donors (Lipinski definition) is 1. The molecule has 2 aromatic heterocycles. The maximum atomic E-state index is 13.0. The average molecular weight is 439 g/mol. The van der Waals surface area contributed by atoms with Crippen molar-refractivity contribution in [1.29, 1.82) is 0 Å². The molecule has 26 heavy (non-hydrogen) atoms. The Bertz CT molecular complexity index is 1090. The number of anilines is 1. The van der Waals surface area contributed by atoms with E-state index in [1.807, 2.05) is 13.8 Å². The van der Waals surface area contributed by atoms with Crippen LogP contribution in [0.25, 0.3) is 11.0 Å². The summed E-state index contributed by atoms with van der Waals surface area (Å²) in [7, 11) is -3.92. The molecule has 3 rings (SSSR count). The van der Waals surface area contributed by atoms with E-state index in [2.05, 4.69) is 26.2 Å². The molecule has 0 bridgehead atoms. The van der Waals surface area contributed by atoms with Crippen LogP contribution in [0, 0.1) is 10.1 Å². The predicted octanol–water partition coefficient (Wildman–Crippen LogP) is 3.76. The van der Waals surface area contributed by atoms with Crippen molar-refractivity contribution in [2.24, 2.45) is 0 Å². The molecule has 0 aliphatic carbocycles. The predicted molar refractivity (Wildman–Crippen MR) is 102 cm³/mol. The summed E-state index contributed by atoms with van der Waals surface area (Å²) >= 11 is 3.25. The molecule has 10 heteroatoms. The molecular formula is C16H15BrN4O4S. The van der Waals surface area contributed by atoms with Gasteiger partial charge < -0.3 is 5.32 Å². The highest BCUT2D eigenvalue weighted by Crippen LogP contribution is 2.37. The summed E-state index contributed by atoms with van der Waals surface area (Å²) in [6.07, 6.45) is 1.07. The van der Waals surface area contributed by atoms with Gasteiger partial charge in [0, 0.05) is 6.04 Å². The molecule has 0 aliphatic heterocycles. The number of fused-ring (bicyclic) bond motifs is 1. The zero-order chi connectivity index (χ0) is 19.1. The number of pyridine rings is 1. The summed E-state index contributed by atoms with van der Waals surface area (Å²) < 4.78 is 27.3. The van der Waals surface area contributed by atoms with E-state index in [0.29, 0.717) is 5.39 Å². The lowest BCUT2D eigenvalue weighted by Crippen LogP contribution is -2.15. The Morgan fingerprint density at radius 1 is 1.27 bits per heavy atom. The number of benzene rings is 1. The van der Waals surface area contributed by atoms with E-state index in [-0.39, 0.29) is 32.6 Å². The Balaban J connectivity index is 2.33. The maximum Gasteiger partial charge on any atom is 0.311 e. The highest BCUT2D eigenvalue weighted by Gasteiger charge is 2.27. The minimum Gasteiger partial charge on any atom is -0.377 e. The monoisotopic (exact) mass is 438 g/mol. The largest absolute Gasteiger partial charge is 0.377 e. The van der Waals surface area contributed by atoms with Crippen molar-refractivity contribution < 1.29 is 13.3 Å². The van der Waals surface area contributed by atoms with Gasteiger partial charge in [-0.25, -0.2) is 17.4 Å². The van der Waals surface area contributed by atoms with Crippen molar-refractivity contribution in [2.45, 2.75) is 24.8 Å². The Morgan fingerprint density at radius 2 is 1.92 bits per heavy atom. The third-order valence-electron chi connectivity index (χ3n) is 3.64. The lowest BCUT2D eigenvalue weighted by molar-refractivity contribution is -0.384. The van der Waals surface area contributed by atoms with Crippen LogP contribution in [0.3, 0.4) is 0 Å². The number of nitrogens with zero attached hydrogens (tertiary/aromatic N) is 3. The van der Waals surface area contributed by atoms with Gasteiger partial charge in [0.05, 0.1) is 15.2 Å². The Kier molecular flexibility index (Phi) is 4.72. The standard InChI is InChI=1S/C16H15BrN4O4S/c1-10(2)19-15-12-8-14(17)20(16(12)18-9-13(15)21(22)23)26(24,25)11-6-4-3-5-7-11/h3-10H,1-2H3,(H,18,19). The van der Waals surface area contributed by atoms with Crippen molar-refractivity contribution in [3.63, 3.8) is 0 Å². The maximum absolute atomic E-state index is 13.0. The van der Waals surface area contributed by atoms with Gasteiger partial charge in [0.2, 0.25) is 0 Å². The molecular weight excluding hydrogens is 424 g/mol. The van der Waals surface area contributed by atoms with Gasteiger partial charge in [-0.15, -0.1) is 0 Å². The molecule has 0 saturated carbocycles. The summed E-state index contributed by atoms with van der Waals surface area (Å²) in [5, 5.41) is 14.7. The fraction of sp³-hybridized carbons (Fsp3) is 0.188. The molecule has 8 nitrogen and oxygen atoms in total. The van der Waals surface area contributed by atoms with Crippen LogP contribution in [0.15, 0.2) is 52.1 Å². The third-order valence-corrected chi connectivity index (χ3v) is 6.17. The van der Waals surface area contributed by atoms with Gasteiger partial charge >= 0.3 is 5.69 Å². The van der Waals surface area contributed by atoms with Gasteiger partial charge in [0.1, 0.15) is 16.5 Å². The fourth-order valence-corrected chi connectivity index (χ4v) is 4.92. The van der Waals surface area contributed by atoms with Crippen LogP contribution in [0.2, 0.25) is 0 Å². The number of nitrogens with one attached hydrogen (secondary N) is 1. The zero-order valence-corrected chi connectivity index (χ0v) is 16.3. The Labute approximate surface area is 158 Å². The van der Waals surface area contributed by atoms with E-state index in [1.54, 1.807) is 18.2 Å². The smallest absolute Gasteiger partial charge is 0.311 e. The SMILES string of the molecule is CC(C)Nc1c([N+](=O)[O-])cnc2c1cc(Br)n2S(=O)(=O)c1ccccc1. The number of hydrogen-bond acceptors (Lipinski definition) is 6. The van der Waals surface area contributed by atoms with Crippen molar-refractivity contribution in [2.75, 3.05) is 5.32 Å². The van der Waals surface area contributed by atoms with Crippen LogP contribution in [0.4, 0.5) is 11.4 Å². The van der Waals surface area contributed by atoms with E-state index in [0.717, 1.165) is 10.2 Å². The normalized spacial score (nSPS) is 11.8. The summed E-state index contributed by atoms with van der Waals surface area (Å²) in [5.41, 5.74) is 0.125. The van der Waals surface area contributed by atoms with Crippen LogP contribution in [-0.2, 0) is 10.0 Å². The van der Waals surface area contributed by atoms with Crippen LogP contribution in [0.1, 0.15) is 13.8 Å². The molecule has 0 radical (unpaired) electrons. The fourth-order valence-electron chi connectivity index (χ4n) is 2.59. The first-order valence-corrected chi connectivity index (χ1v) is 9.88. The molecule has 0 spiro atoms. The summed E-state index contributed by atoms with van der Waals surface area (Å²) in [6, 6.07) is 9.34. The highest BCUT2D eigenvalue weighted by molar-refractivity contribution is 9.10. The Morgan fingerprint density at radius 3 is 2.50 bits per heavy atom. The van der Waals surface area contributed by atoms with Crippen molar-refractivity contribution >= 4 is 48.4 Å². The van der Waals surface area contributed by atoms with Crippen molar-refractivity contribution in [3.05, 3.63) is 57.3 Å². The van der Waals surface area contributed by atoms with E-state index in [9.17, 15) is 18.5 Å². The molecule has 0 amide bonds. The van der Waals surface area contributed by atoms with Crippen LogP contribution in [0.5, 0.6) is 0 Å². The second kappa shape index (κ2) is 6.69. The minimum atomic E-state index is -3.92. The topological polar surface area (TPSA) is 107 Å². The number of nitro groups is 1. The van der Waals surface area contributed by atoms with Crippen molar-refractivity contribution in [3.8, 4) is 0 Å². The first-order valence-electron chi connectivity index (χ1n) is 7.65. The Hall–Kier alpha value is -2.46. The van der Waals surface area contributed by atoms with Gasteiger partial charge in [-0.3, -0.25) is 10.1 Å². The summed E-state index contributed by atoms with van der Waals surface area (Å²) in [4.78, 5) is 14.9. The number of rotatable bonds is 5. The zero-order valence-electron chi connectivity index (χ0n) is 13.9. The van der Waals surface area contributed by atoms with E-state index in [1.165, 1.54) is 18.2 Å². The summed E-state index contributed by atoms with van der Waals surface area (Å²) in [5.74, 6) is 0. The van der Waals surface area contributed by atoms with Crippen LogP contribution in [-0.4, -0.2) is 28.3 Å². The molecule has 1 N–H and O–H groups in total. The average Bonchev–Trinajstić information content (AvgIpc) is 2.92. The highest BCUT2D eigenvalue weighted by atomic mass is 79.9. The first-order chi connectivity index (χ1) is 12.2. The van der Waals surface area contributed by atoms with E-state index < -0.39 is 14.9 Å². The van der Waals surface area contributed by atoms with Crippen LogP contribution >= 0.6 is 15.9 Å². The quantitative estimate of drug-likeness (QED) is 0.479. The minimum absolute atomic E-state index is 0.0906. The lowest BCUT2D eigenvalue weighted by atomic mass is 10.2. The van der Waals surface area contributed by atoms with Gasteiger partial charge in [-0.05, 0) is 48.0 Å². The second-order valence-corrected chi connectivity index (χ2v) is 8.46. The molecule has 0 aliphatic rings. The molecule has 2 heterocycles. The molecule has 136 valence electrons. The summed E-state index contributed by atoms with van der Waals surface area (Å²) in [6.45, 7) is 3.67. The van der Waals surface area contributed by atoms with Gasteiger partial charge in [0.15, 0.2) is 5.65 Å². The number of aromatic nitrogens is 2. The van der Waals surface area contributed by atoms with Gasteiger partial charge in [-0.1, -0.05) is 18.2 Å². The molecule has 0 saturated heterocycles.